The zero-order valence-corrected chi connectivity index (χ0v) is 19.0. The lowest BCUT2D eigenvalue weighted by atomic mass is 10.1. The summed E-state index contributed by atoms with van der Waals surface area (Å²) in [5.74, 6) is 6.10. The zero-order chi connectivity index (χ0) is 23.8. The number of carbonyl (C=O) groups excluding carboxylic acids is 1. The fourth-order valence-corrected chi connectivity index (χ4v) is 3.85. The number of aromatic hydroxyl groups is 1. The van der Waals surface area contributed by atoms with Gasteiger partial charge in [0.25, 0.3) is 0 Å². The van der Waals surface area contributed by atoms with Crippen LogP contribution in [0.5, 0.6) is 5.75 Å². The highest BCUT2D eigenvalue weighted by atomic mass is 16.5. The molecular weight excluding hydrogens is 426 g/mol. The minimum Gasteiger partial charge on any atom is -0.506 e. The van der Waals surface area contributed by atoms with Gasteiger partial charge in [0.1, 0.15) is 12.4 Å². The predicted molar refractivity (Wildman–Crippen MR) is 133 cm³/mol. The standard InChI is InChI=1S/C28H27N3O3/c1-2-17-34-28(33)24-9-11-26(12-10-24)31-15-13-30(14-16-31)21-25-6-4-3-5-23(25)8-7-22-18-27(32)20-29-19-22/h2-6,9-12,18-20,32H,1,13-17,21H2. The molecule has 4 rings (SSSR count). The van der Waals surface area contributed by atoms with E-state index in [0.29, 0.717) is 11.1 Å². The van der Waals surface area contributed by atoms with Gasteiger partial charge in [0.2, 0.25) is 0 Å². The summed E-state index contributed by atoms with van der Waals surface area (Å²) in [5, 5.41) is 9.59. The summed E-state index contributed by atoms with van der Waals surface area (Å²) in [5.41, 5.74) is 4.49. The highest BCUT2D eigenvalue weighted by Crippen LogP contribution is 2.20. The Kier molecular flexibility index (Phi) is 7.59. The quantitative estimate of drug-likeness (QED) is 0.347. The Bertz CT molecular complexity index is 1200. The SMILES string of the molecule is C=CCOC(=O)c1ccc(N2CCN(Cc3ccccc3C#Cc3cncc(O)c3)CC2)cc1. The van der Waals surface area contributed by atoms with Gasteiger partial charge in [0.15, 0.2) is 0 Å². The molecule has 0 spiro atoms. The molecule has 1 aliphatic rings. The number of aromatic nitrogens is 1. The van der Waals surface area contributed by atoms with Gasteiger partial charge in [-0.05, 0) is 42.0 Å². The van der Waals surface area contributed by atoms with E-state index in [1.54, 1.807) is 18.3 Å². The first-order chi connectivity index (χ1) is 16.6. The molecule has 6 nitrogen and oxygen atoms in total. The van der Waals surface area contributed by atoms with E-state index in [1.165, 1.54) is 11.8 Å². The van der Waals surface area contributed by atoms with Gasteiger partial charge in [-0.3, -0.25) is 9.88 Å². The van der Waals surface area contributed by atoms with Crippen molar-refractivity contribution in [2.75, 3.05) is 37.7 Å². The first kappa shape index (κ1) is 23.1. The fourth-order valence-electron chi connectivity index (χ4n) is 3.85. The fraction of sp³-hybridized carbons (Fsp3) is 0.214. The first-order valence-corrected chi connectivity index (χ1v) is 11.2. The largest absolute Gasteiger partial charge is 0.506 e. The Morgan fingerprint density at radius 1 is 1.06 bits per heavy atom. The van der Waals surface area contributed by atoms with Crippen molar-refractivity contribution < 1.29 is 14.6 Å². The zero-order valence-electron chi connectivity index (χ0n) is 19.0. The molecule has 1 saturated heterocycles. The molecule has 3 aromatic rings. The molecule has 1 fully saturated rings. The Morgan fingerprint density at radius 3 is 2.56 bits per heavy atom. The van der Waals surface area contributed by atoms with E-state index in [9.17, 15) is 9.90 Å². The van der Waals surface area contributed by atoms with Gasteiger partial charge in [0, 0.05) is 55.7 Å². The molecule has 0 atom stereocenters. The van der Waals surface area contributed by atoms with Crippen LogP contribution in [0.15, 0.2) is 79.6 Å². The Labute approximate surface area is 200 Å². The van der Waals surface area contributed by atoms with Crippen LogP contribution < -0.4 is 4.90 Å². The molecule has 0 amide bonds. The van der Waals surface area contributed by atoms with Gasteiger partial charge in [-0.1, -0.05) is 42.7 Å². The Balaban J connectivity index is 1.35. The van der Waals surface area contributed by atoms with Gasteiger partial charge in [-0.25, -0.2) is 4.79 Å². The van der Waals surface area contributed by atoms with Gasteiger partial charge < -0.3 is 14.7 Å². The number of rotatable bonds is 6. The summed E-state index contributed by atoms with van der Waals surface area (Å²) in [6.07, 6.45) is 4.60. The topological polar surface area (TPSA) is 65.9 Å². The maximum Gasteiger partial charge on any atom is 0.338 e. The van der Waals surface area contributed by atoms with Crippen molar-refractivity contribution in [3.63, 3.8) is 0 Å². The van der Waals surface area contributed by atoms with Crippen molar-refractivity contribution in [1.29, 1.82) is 0 Å². The molecule has 1 aliphatic heterocycles. The van der Waals surface area contributed by atoms with E-state index in [0.717, 1.165) is 44.0 Å². The van der Waals surface area contributed by atoms with Gasteiger partial charge in [-0.2, -0.15) is 0 Å². The third kappa shape index (κ3) is 6.03. The molecule has 2 heterocycles. The number of hydrogen-bond donors (Lipinski definition) is 1. The van der Waals surface area contributed by atoms with Crippen molar-refractivity contribution in [1.82, 2.24) is 9.88 Å². The number of nitrogens with zero attached hydrogens (tertiary/aromatic N) is 3. The number of carbonyl (C=O) groups is 1. The highest BCUT2D eigenvalue weighted by Gasteiger charge is 2.18. The van der Waals surface area contributed by atoms with E-state index >= 15 is 0 Å². The van der Waals surface area contributed by atoms with Crippen LogP contribution in [-0.2, 0) is 11.3 Å². The van der Waals surface area contributed by atoms with Crippen molar-refractivity contribution in [3.05, 3.63) is 102 Å². The van der Waals surface area contributed by atoms with Crippen LogP contribution in [0.4, 0.5) is 5.69 Å². The molecule has 6 heteroatoms. The van der Waals surface area contributed by atoms with Gasteiger partial charge >= 0.3 is 5.97 Å². The molecule has 1 aromatic heterocycles. The number of anilines is 1. The predicted octanol–water partition coefficient (Wildman–Crippen LogP) is 3.85. The van der Waals surface area contributed by atoms with Crippen LogP contribution in [0.25, 0.3) is 0 Å². The summed E-state index contributed by atoms with van der Waals surface area (Å²) >= 11 is 0. The Hall–Kier alpha value is -4.08. The van der Waals surface area contributed by atoms with E-state index in [1.807, 2.05) is 42.5 Å². The summed E-state index contributed by atoms with van der Waals surface area (Å²) in [7, 11) is 0. The van der Waals surface area contributed by atoms with Crippen LogP contribution in [-0.4, -0.2) is 53.7 Å². The molecule has 1 N–H and O–H groups in total. The summed E-state index contributed by atoms with van der Waals surface area (Å²) in [6, 6.07) is 17.3. The third-order valence-corrected chi connectivity index (χ3v) is 5.65. The minimum atomic E-state index is -0.335. The molecule has 0 radical (unpaired) electrons. The van der Waals surface area contributed by atoms with Crippen molar-refractivity contribution in [2.24, 2.45) is 0 Å². The smallest absolute Gasteiger partial charge is 0.338 e. The van der Waals surface area contributed by atoms with Crippen LogP contribution in [0.3, 0.4) is 0 Å². The number of hydrogen-bond acceptors (Lipinski definition) is 6. The summed E-state index contributed by atoms with van der Waals surface area (Å²) in [6.45, 7) is 8.27. The number of pyridine rings is 1. The normalized spacial score (nSPS) is 13.6. The van der Waals surface area contributed by atoms with E-state index < -0.39 is 0 Å². The molecule has 0 saturated carbocycles. The van der Waals surface area contributed by atoms with Crippen molar-refractivity contribution in [2.45, 2.75) is 6.54 Å². The molecule has 0 aliphatic carbocycles. The molecule has 34 heavy (non-hydrogen) atoms. The molecular formula is C28H27N3O3. The van der Waals surface area contributed by atoms with Gasteiger partial charge in [-0.15, -0.1) is 0 Å². The maximum absolute atomic E-state index is 12.0. The maximum atomic E-state index is 12.0. The van der Waals surface area contributed by atoms with Gasteiger partial charge in [0.05, 0.1) is 11.8 Å². The monoisotopic (exact) mass is 453 g/mol. The van der Waals surface area contributed by atoms with E-state index in [4.69, 9.17) is 4.74 Å². The number of benzene rings is 2. The average molecular weight is 454 g/mol. The Morgan fingerprint density at radius 2 is 1.82 bits per heavy atom. The summed E-state index contributed by atoms with van der Waals surface area (Å²) in [4.78, 5) is 20.7. The highest BCUT2D eigenvalue weighted by molar-refractivity contribution is 5.89. The van der Waals surface area contributed by atoms with Crippen molar-refractivity contribution >= 4 is 11.7 Å². The van der Waals surface area contributed by atoms with Crippen LogP contribution in [0, 0.1) is 11.8 Å². The number of esters is 1. The lowest BCUT2D eigenvalue weighted by Crippen LogP contribution is -2.46. The van der Waals surface area contributed by atoms with E-state index in [2.05, 4.69) is 39.3 Å². The second-order valence-electron chi connectivity index (χ2n) is 8.04. The molecule has 2 aromatic carbocycles. The number of piperazine rings is 1. The average Bonchev–Trinajstić information content (AvgIpc) is 2.87. The van der Waals surface area contributed by atoms with Crippen molar-refractivity contribution in [3.8, 4) is 17.6 Å². The van der Waals surface area contributed by atoms with Crippen LogP contribution >= 0.6 is 0 Å². The first-order valence-electron chi connectivity index (χ1n) is 11.2. The molecule has 0 unspecified atom stereocenters. The van der Waals surface area contributed by atoms with E-state index in [-0.39, 0.29) is 18.3 Å². The molecule has 0 bridgehead atoms. The van der Waals surface area contributed by atoms with Crippen LogP contribution in [0.2, 0.25) is 0 Å². The molecule has 172 valence electrons. The second-order valence-corrected chi connectivity index (χ2v) is 8.04. The third-order valence-electron chi connectivity index (χ3n) is 5.65. The lowest BCUT2D eigenvalue weighted by molar-refractivity contribution is 0.0549. The van der Waals surface area contributed by atoms with Crippen LogP contribution in [0.1, 0.15) is 27.0 Å². The summed E-state index contributed by atoms with van der Waals surface area (Å²) < 4.78 is 5.09. The second kappa shape index (κ2) is 11.2. The minimum absolute atomic E-state index is 0.111. The number of ether oxygens (including phenoxy) is 1. The lowest BCUT2D eigenvalue weighted by Gasteiger charge is -2.36.